The van der Waals surface area contributed by atoms with Gasteiger partial charge in [0.25, 0.3) is 0 Å². The highest BCUT2D eigenvalue weighted by atomic mass is 15.1. The lowest BCUT2D eigenvalue weighted by molar-refractivity contribution is -0.0182. The molecule has 4 bridgehead atoms. The van der Waals surface area contributed by atoms with Gasteiger partial charge in [0, 0.05) is 0 Å². The van der Waals surface area contributed by atoms with Crippen LogP contribution in [0.25, 0.3) is 0 Å². The van der Waals surface area contributed by atoms with E-state index in [-0.39, 0.29) is 0 Å². The monoisotopic (exact) mass is 160 g/mol. The molecule has 4 unspecified atom stereocenters. The lowest BCUT2D eigenvalue weighted by Crippen LogP contribution is -2.42. The molecule has 0 saturated heterocycles. The number of hydrogen-bond acceptors (Lipinski definition) is 0. The summed E-state index contributed by atoms with van der Waals surface area (Å²) < 4.78 is 0. The second-order valence-electron chi connectivity index (χ2n) is 6.62. The van der Waals surface area contributed by atoms with Crippen molar-refractivity contribution < 1.29 is 0 Å². The lowest BCUT2D eigenvalue weighted by atomic mass is 9.53. The van der Waals surface area contributed by atoms with Gasteiger partial charge in [0.2, 0.25) is 0 Å². The molecule has 0 heteroatoms. The van der Waals surface area contributed by atoms with E-state index in [1.165, 1.54) is 17.8 Å². The predicted molar refractivity (Wildman–Crippen MR) is 46.5 cm³/mol. The lowest BCUT2D eigenvalue weighted by Gasteiger charge is -2.51. The van der Waals surface area contributed by atoms with Crippen molar-refractivity contribution in [1.82, 2.24) is 0 Å². The second-order valence-corrected chi connectivity index (χ2v) is 6.62. The van der Waals surface area contributed by atoms with Crippen molar-refractivity contribution in [2.24, 2.45) is 34.0 Å². The Labute approximate surface area is 73.7 Å². The van der Waals surface area contributed by atoms with Crippen molar-refractivity contribution in [3.63, 3.8) is 0 Å². The standard InChI is InChI=1S/C12H16/c1-10-5-7-2-8-4-9(3-7)12(10)6-11(8,10)12/h7-9H,2-6H2,1H3. The zero-order chi connectivity index (χ0) is 7.77. The minimum atomic E-state index is 0.898. The summed E-state index contributed by atoms with van der Waals surface area (Å²) in [6.45, 7) is 2.63. The summed E-state index contributed by atoms with van der Waals surface area (Å²) in [5, 5.41) is 0. The molecule has 0 N–H and O–H groups in total. The molecule has 6 fully saturated rings. The molecule has 4 atom stereocenters. The van der Waals surface area contributed by atoms with Crippen LogP contribution in [0.2, 0.25) is 0 Å². The summed E-state index contributed by atoms with van der Waals surface area (Å²) in [6, 6.07) is 0. The smallest absolute Gasteiger partial charge is 0.0139 e. The highest BCUT2D eigenvalue weighted by molar-refractivity contribution is 5.51. The Balaban J connectivity index is 1.86. The minimum Gasteiger partial charge on any atom is -0.0585 e. The molecular weight excluding hydrogens is 144 g/mol. The molecule has 2 spiro atoms. The van der Waals surface area contributed by atoms with Crippen LogP contribution in [0.15, 0.2) is 0 Å². The van der Waals surface area contributed by atoms with Crippen molar-refractivity contribution in [2.75, 3.05) is 0 Å². The van der Waals surface area contributed by atoms with Gasteiger partial charge < -0.3 is 0 Å². The van der Waals surface area contributed by atoms with Crippen LogP contribution in [0.4, 0.5) is 0 Å². The van der Waals surface area contributed by atoms with E-state index in [0.717, 1.165) is 16.2 Å². The molecule has 6 rings (SSSR count). The maximum absolute atomic E-state index is 2.63. The SMILES string of the molecule is CC12CC3CC4CC(C3)C13CC423. The van der Waals surface area contributed by atoms with Crippen molar-refractivity contribution in [1.29, 1.82) is 0 Å². The molecule has 0 radical (unpaired) electrons. The molecule has 0 amide bonds. The zero-order valence-corrected chi connectivity index (χ0v) is 7.77. The van der Waals surface area contributed by atoms with Crippen molar-refractivity contribution >= 4 is 0 Å². The highest BCUT2D eigenvalue weighted by Crippen LogP contribution is 3.09. The Morgan fingerprint density at radius 3 is 2.25 bits per heavy atom. The van der Waals surface area contributed by atoms with Crippen molar-refractivity contribution in [3.8, 4) is 0 Å². The third-order valence-corrected chi connectivity index (χ3v) is 7.03. The van der Waals surface area contributed by atoms with Crippen molar-refractivity contribution in [3.05, 3.63) is 0 Å². The molecule has 0 heterocycles. The summed E-state index contributed by atoms with van der Waals surface area (Å²) in [4.78, 5) is 0. The first kappa shape index (κ1) is 5.67. The summed E-state index contributed by atoms with van der Waals surface area (Å²) in [5.74, 6) is 3.59. The third-order valence-electron chi connectivity index (χ3n) is 7.03. The summed E-state index contributed by atoms with van der Waals surface area (Å²) >= 11 is 0. The van der Waals surface area contributed by atoms with E-state index in [1.54, 1.807) is 32.1 Å². The third kappa shape index (κ3) is 0.241. The van der Waals surface area contributed by atoms with E-state index < -0.39 is 0 Å². The molecular formula is C12H16. The molecule has 64 valence electrons. The summed E-state index contributed by atoms with van der Waals surface area (Å²) in [5.41, 5.74) is 2.84. The first-order valence-corrected chi connectivity index (χ1v) is 5.75. The Kier molecular flexibility index (Phi) is 0.508. The topological polar surface area (TPSA) is 0 Å². The van der Waals surface area contributed by atoms with Crippen LogP contribution in [-0.4, -0.2) is 0 Å². The van der Waals surface area contributed by atoms with E-state index >= 15 is 0 Å². The molecule has 0 aliphatic heterocycles. The molecule has 6 saturated carbocycles. The largest absolute Gasteiger partial charge is 0.0585 e. The first-order chi connectivity index (χ1) is 5.75. The van der Waals surface area contributed by atoms with Gasteiger partial charge in [-0.2, -0.15) is 0 Å². The summed E-state index contributed by atoms with van der Waals surface area (Å²) in [6.07, 6.45) is 8.20. The van der Waals surface area contributed by atoms with Gasteiger partial charge in [-0.3, -0.25) is 0 Å². The van der Waals surface area contributed by atoms with Crippen LogP contribution < -0.4 is 0 Å². The molecule has 0 aromatic carbocycles. The zero-order valence-electron chi connectivity index (χ0n) is 7.77. The number of hydrogen-bond donors (Lipinski definition) is 0. The Bertz CT molecular complexity index is 294. The molecule has 0 aromatic heterocycles. The van der Waals surface area contributed by atoms with Crippen LogP contribution in [0.5, 0.6) is 0 Å². The van der Waals surface area contributed by atoms with Crippen LogP contribution >= 0.6 is 0 Å². The Morgan fingerprint density at radius 1 is 1.00 bits per heavy atom. The van der Waals surface area contributed by atoms with E-state index in [2.05, 4.69) is 6.92 Å². The second kappa shape index (κ2) is 1.07. The summed E-state index contributed by atoms with van der Waals surface area (Å²) in [7, 11) is 0. The fourth-order valence-corrected chi connectivity index (χ4v) is 6.97. The highest BCUT2D eigenvalue weighted by Gasteiger charge is 3.04. The quantitative estimate of drug-likeness (QED) is 0.511. The van der Waals surface area contributed by atoms with Gasteiger partial charge >= 0.3 is 0 Å². The first-order valence-electron chi connectivity index (χ1n) is 5.75. The van der Waals surface area contributed by atoms with Gasteiger partial charge in [0.1, 0.15) is 0 Å². The van der Waals surface area contributed by atoms with Gasteiger partial charge in [0.05, 0.1) is 0 Å². The van der Waals surface area contributed by atoms with E-state index in [0.29, 0.717) is 0 Å². The number of rotatable bonds is 0. The molecule has 0 nitrogen and oxygen atoms in total. The molecule has 12 heavy (non-hydrogen) atoms. The maximum atomic E-state index is 2.63. The van der Waals surface area contributed by atoms with Crippen LogP contribution in [-0.2, 0) is 0 Å². The normalized spacial score (nSPS) is 85.2. The van der Waals surface area contributed by atoms with Crippen LogP contribution in [0.1, 0.15) is 39.0 Å². The van der Waals surface area contributed by atoms with Gasteiger partial charge in [0.15, 0.2) is 0 Å². The molecule has 6 aliphatic rings. The molecule has 6 aliphatic carbocycles. The fraction of sp³-hybridized carbons (Fsp3) is 1.00. The van der Waals surface area contributed by atoms with E-state index in [1.807, 2.05) is 0 Å². The van der Waals surface area contributed by atoms with Gasteiger partial charge in [-0.25, -0.2) is 0 Å². The Morgan fingerprint density at radius 2 is 1.67 bits per heavy atom. The maximum Gasteiger partial charge on any atom is -0.0139 e. The average molecular weight is 160 g/mol. The Hall–Kier alpha value is 0. The fourth-order valence-electron chi connectivity index (χ4n) is 6.97. The van der Waals surface area contributed by atoms with Crippen molar-refractivity contribution in [2.45, 2.75) is 39.0 Å². The van der Waals surface area contributed by atoms with Crippen LogP contribution in [0, 0.1) is 34.0 Å². The van der Waals surface area contributed by atoms with E-state index in [4.69, 9.17) is 0 Å². The molecule has 0 aromatic rings. The average Bonchev–Trinajstić information content (AvgIpc) is 2.81. The van der Waals surface area contributed by atoms with Gasteiger partial charge in [-0.1, -0.05) is 6.92 Å². The minimum absolute atomic E-state index is 0.898. The van der Waals surface area contributed by atoms with Crippen LogP contribution in [0.3, 0.4) is 0 Å². The van der Waals surface area contributed by atoms with E-state index in [9.17, 15) is 0 Å². The van der Waals surface area contributed by atoms with Gasteiger partial charge in [-0.05, 0) is 66.1 Å². The van der Waals surface area contributed by atoms with Gasteiger partial charge in [-0.15, -0.1) is 0 Å². The predicted octanol–water partition coefficient (Wildman–Crippen LogP) is 2.83.